The van der Waals surface area contributed by atoms with Crippen molar-refractivity contribution in [2.45, 2.75) is 32.9 Å². The summed E-state index contributed by atoms with van der Waals surface area (Å²) in [5.41, 5.74) is 1.21. The van der Waals surface area contributed by atoms with Gasteiger partial charge in [-0.2, -0.15) is 5.10 Å². The number of nitrogens with zero attached hydrogens (tertiary/aromatic N) is 3. The van der Waals surface area contributed by atoms with Crippen molar-refractivity contribution in [2.24, 2.45) is 0 Å². The van der Waals surface area contributed by atoms with E-state index in [1.807, 2.05) is 29.1 Å². The standard InChI is InChI=1S/C13H18N4/c1-10(2)17-9-6-13(16-17)15-11(3)12-4-7-14-8-5-12/h4-11H,1-3H3,(H,15,16). The fourth-order valence-corrected chi connectivity index (χ4v) is 1.66. The van der Waals surface area contributed by atoms with Gasteiger partial charge in [-0.3, -0.25) is 9.67 Å². The molecule has 0 radical (unpaired) electrons. The first-order valence-electron chi connectivity index (χ1n) is 5.88. The maximum Gasteiger partial charge on any atom is 0.148 e. The van der Waals surface area contributed by atoms with Gasteiger partial charge in [-0.05, 0) is 38.5 Å². The molecule has 0 bridgehead atoms. The summed E-state index contributed by atoms with van der Waals surface area (Å²) in [6.07, 6.45) is 5.60. The van der Waals surface area contributed by atoms with E-state index in [9.17, 15) is 0 Å². The van der Waals surface area contributed by atoms with Gasteiger partial charge in [0.05, 0.1) is 6.04 Å². The minimum absolute atomic E-state index is 0.230. The summed E-state index contributed by atoms with van der Waals surface area (Å²) in [4.78, 5) is 4.01. The van der Waals surface area contributed by atoms with Crippen LogP contribution < -0.4 is 5.32 Å². The van der Waals surface area contributed by atoms with Gasteiger partial charge in [0.1, 0.15) is 5.82 Å². The Labute approximate surface area is 102 Å². The van der Waals surface area contributed by atoms with Crippen LogP contribution in [0.2, 0.25) is 0 Å². The Balaban J connectivity index is 2.05. The molecule has 17 heavy (non-hydrogen) atoms. The normalized spacial score (nSPS) is 12.7. The molecular formula is C13H18N4. The van der Waals surface area contributed by atoms with E-state index >= 15 is 0 Å². The molecule has 2 heterocycles. The number of hydrogen-bond donors (Lipinski definition) is 1. The molecule has 4 nitrogen and oxygen atoms in total. The summed E-state index contributed by atoms with van der Waals surface area (Å²) < 4.78 is 1.95. The van der Waals surface area contributed by atoms with Gasteiger partial charge in [-0.25, -0.2) is 0 Å². The van der Waals surface area contributed by atoms with Crippen LogP contribution in [0.3, 0.4) is 0 Å². The molecule has 0 aliphatic rings. The zero-order valence-corrected chi connectivity index (χ0v) is 10.5. The number of pyridine rings is 1. The molecule has 0 aliphatic carbocycles. The maximum absolute atomic E-state index is 4.47. The maximum atomic E-state index is 4.47. The second kappa shape index (κ2) is 4.99. The molecule has 0 spiro atoms. The molecule has 0 amide bonds. The van der Waals surface area contributed by atoms with Crippen LogP contribution in [0.25, 0.3) is 0 Å². The molecule has 0 aliphatic heterocycles. The first-order chi connectivity index (χ1) is 8.16. The van der Waals surface area contributed by atoms with Crippen LogP contribution in [0.1, 0.15) is 38.4 Å². The summed E-state index contributed by atoms with van der Waals surface area (Å²) in [6.45, 7) is 6.34. The third-order valence-electron chi connectivity index (χ3n) is 2.71. The zero-order chi connectivity index (χ0) is 12.3. The number of nitrogens with one attached hydrogen (secondary N) is 1. The summed E-state index contributed by atoms with van der Waals surface area (Å²) >= 11 is 0. The highest BCUT2D eigenvalue weighted by Gasteiger charge is 2.07. The van der Waals surface area contributed by atoms with Crippen molar-refractivity contribution in [3.63, 3.8) is 0 Å². The molecule has 2 rings (SSSR count). The van der Waals surface area contributed by atoms with Gasteiger partial charge in [0.25, 0.3) is 0 Å². The van der Waals surface area contributed by atoms with Gasteiger partial charge in [0, 0.05) is 30.7 Å². The topological polar surface area (TPSA) is 42.7 Å². The fourth-order valence-electron chi connectivity index (χ4n) is 1.66. The molecule has 0 fully saturated rings. The Bertz CT molecular complexity index is 461. The van der Waals surface area contributed by atoms with Crippen molar-refractivity contribution in [3.8, 4) is 0 Å². The predicted octanol–water partition coefficient (Wildman–Crippen LogP) is 3.03. The molecule has 4 heteroatoms. The van der Waals surface area contributed by atoms with Gasteiger partial charge in [0.15, 0.2) is 0 Å². The molecule has 90 valence electrons. The third kappa shape index (κ3) is 2.84. The molecule has 2 aromatic heterocycles. The lowest BCUT2D eigenvalue weighted by atomic mass is 10.1. The third-order valence-corrected chi connectivity index (χ3v) is 2.71. The molecule has 0 saturated carbocycles. The van der Waals surface area contributed by atoms with E-state index in [1.165, 1.54) is 5.56 Å². The zero-order valence-electron chi connectivity index (χ0n) is 10.5. The predicted molar refractivity (Wildman–Crippen MR) is 68.9 cm³/mol. The average Bonchev–Trinajstić information content (AvgIpc) is 2.79. The highest BCUT2D eigenvalue weighted by Crippen LogP contribution is 2.17. The fraction of sp³-hybridized carbons (Fsp3) is 0.385. The Morgan fingerprint density at radius 3 is 2.41 bits per heavy atom. The van der Waals surface area contributed by atoms with Crippen molar-refractivity contribution in [1.82, 2.24) is 14.8 Å². The monoisotopic (exact) mass is 230 g/mol. The molecule has 2 aromatic rings. The van der Waals surface area contributed by atoms with E-state index in [0.29, 0.717) is 6.04 Å². The van der Waals surface area contributed by atoms with E-state index in [0.717, 1.165) is 5.82 Å². The highest BCUT2D eigenvalue weighted by molar-refractivity contribution is 5.36. The van der Waals surface area contributed by atoms with Crippen LogP contribution in [0.4, 0.5) is 5.82 Å². The lowest BCUT2D eigenvalue weighted by Gasteiger charge is -2.13. The van der Waals surface area contributed by atoms with Gasteiger partial charge in [-0.1, -0.05) is 0 Å². The molecule has 1 N–H and O–H groups in total. The lowest BCUT2D eigenvalue weighted by Crippen LogP contribution is -2.08. The van der Waals surface area contributed by atoms with Crippen molar-refractivity contribution in [3.05, 3.63) is 42.4 Å². The first kappa shape index (κ1) is 11.6. The summed E-state index contributed by atoms with van der Waals surface area (Å²) in [6, 6.07) is 6.64. The van der Waals surface area contributed by atoms with E-state index in [1.54, 1.807) is 12.4 Å². The van der Waals surface area contributed by atoms with Crippen LogP contribution in [0.5, 0.6) is 0 Å². The van der Waals surface area contributed by atoms with Gasteiger partial charge < -0.3 is 5.32 Å². The highest BCUT2D eigenvalue weighted by atomic mass is 15.3. The van der Waals surface area contributed by atoms with Gasteiger partial charge >= 0.3 is 0 Å². The molecule has 1 atom stereocenters. The Morgan fingerprint density at radius 2 is 1.82 bits per heavy atom. The summed E-state index contributed by atoms with van der Waals surface area (Å²) in [7, 11) is 0. The van der Waals surface area contributed by atoms with Gasteiger partial charge in [-0.15, -0.1) is 0 Å². The smallest absolute Gasteiger partial charge is 0.148 e. The second-order valence-electron chi connectivity index (χ2n) is 4.42. The first-order valence-corrected chi connectivity index (χ1v) is 5.88. The van der Waals surface area contributed by atoms with Crippen LogP contribution in [-0.4, -0.2) is 14.8 Å². The van der Waals surface area contributed by atoms with Crippen molar-refractivity contribution >= 4 is 5.82 Å². The van der Waals surface area contributed by atoms with E-state index in [-0.39, 0.29) is 6.04 Å². The van der Waals surface area contributed by atoms with E-state index < -0.39 is 0 Å². The SMILES string of the molecule is CC(Nc1ccn(C(C)C)n1)c1ccncc1. The molecule has 0 saturated heterocycles. The number of anilines is 1. The number of aromatic nitrogens is 3. The van der Waals surface area contributed by atoms with Crippen molar-refractivity contribution < 1.29 is 0 Å². The van der Waals surface area contributed by atoms with E-state index in [2.05, 4.69) is 36.2 Å². The lowest BCUT2D eigenvalue weighted by molar-refractivity contribution is 0.533. The minimum atomic E-state index is 0.230. The summed E-state index contributed by atoms with van der Waals surface area (Å²) in [5, 5.41) is 7.84. The van der Waals surface area contributed by atoms with Crippen LogP contribution in [0.15, 0.2) is 36.8 Å². The molecule has 1 unspecified atom stereocenters. The second-order valence-corrected chi connectivity index (χ2v) is 4.42. The quantitative estimate of drug-likeness (QED) is 0.877. The molecule has 0 aromatic carbocycles. The van der Waals surface area contributed by atoms with Crippen molar-refractivity contribution in [2.75, 3.05) is 5.32 Å². The van der Waals surface area contributed by atoms with E-state index in [4.69, 9.17) is 0 Å². The number of rotatable bonds is 4. The Hall–Kier alpha value is -1.84. The Kier molecular flexibility index (Phi) is 3.42. The Morgan fingerprint density at radius 1 is 1.12 bits per heavy atom. The van der Waals surface area contributed by atoms with Crippen LogP contribution >= 0.6 is 0 Å². The van der Waals surface area contributed by atoms with Gasteiger partial charge in [0.2, 0.25) is 0 Å². The largest absolute Gasteiger partial charge is 0.362 e. The molecular weight excluding hydrogens is 212 g/mol. The van der Waals surface area contributed by atoms with Crippen LogP contribution in [0, 0.1) is 0 Å². The van der Waals surface area contributed by atoms with Crippen molar-refractivity contribution in [1.29, 1.82) is 0 Å². The number of hydrogen-bond acceptors (Lipinski definition) is 3. The van der Waals surface area contributed by atoms with Crippen LogP contribution in [-0.2, 0) is 0 Å². The summed E-state index contributed by atoms with van der Waals surface area (Å²) in [5.74, 6) is 0.906. The minimum Gasteiger partial charge on any atom is -0.362 e. The average molecular weight is 230 g/mol.